The number of hydrogen-bond donors (Lipinski definition) is 3. The van der Waals surface area contributed by atoms with Gasteiger partial charge in [0.25, 0.3) is 0 Å². The average Bonchev–Trinajstić information content (AvgIpc) is 2.12. The van der Waals surface area contributed by atoms with Crippen LogP contribution in [0.2, 0.25) is 0 Å². The van der Waals surface area contributed by atoms with Crippen LogP contribution in [0.25, 0.3) is 0 Å². The summed E-state index contributed by atoms with van der Waals surface area (Å²) in [5.74, 6) is 0. The number of hydrogen-bond acceptors (Lipinski definition) is 3. The summed E-state index contributed by atoms with van der Waals surface area (Å²) in [6.45, 7) is 2.13. The second-order valence-electron chi connectivity index (χ2n) is 3.23. The molecule has 0 saturated carbocycles. The summed E-state index contributed by atoms with van der Waals surface area (Å²) < 4.78 is 0.999. The fourth-order valence-electron chi connectivity index (χ4n) is 1.14. The van der Waals surface area contributed by atoms with E-state index in [0.717, 1.165) is 15.7 Å². The zero-order valence-electron chi connectivity index (χ0n) is 8.00. The second-order valence-corrected chi connectivity index (χ2v) is 4.15. The van der Waals surface area contributed by atoms with Gasteiger partial charge in [-0.3, -0.25) is 0 Å². The standard InChI is InChI=1S/C10H14BrNO2/c1-7-2-8(11)4-9(3-7)12-5-10(14)6-13/h2-4,10,12-14H,5-6H2,1H3. The molecule has 1 aromatic carbocycles. The summed E-state index contributed by atoms with van der Waals surface area (Å²) in [5.41, 5.74) is 2.07. The van der Waals surface area contributed by atoms with E-state index in [-0.39, 0.29) is 6.61 Å². The van der Waals surface area contributed by atoms with Gasteiger partial charge in [-0.1, -0.05) is 15.9 Å². The van der Waals surface area contributed by atoms with Crippen LogP contribution in [0.3, 0.4) is 0 Å². The molecular weight excluding hydrogens is 246 g/mol. The molecular formula is C10H14BrNO2. The summed E-state index contributed by atoms with van der Waals surface area (Å²) in [7, 11) is 0. The van der Waals surface area contributed by atoms with Crippen molar-refractivity contribution in [2.45, 2.75) is 13.0 Å². The van der Waals surface area contributed by atoms with Gasteiger partial charge >= 0.3 is 0 Å². The highest BCUT2D eigenvalue weighted by molar-refractivity contribution is 9.10. The topological polar surface area (TPSA) is 52.5 Å². The number of aliphatic hydroxyl groups excluding tert-OH is 2. The third kappa shape index (κ3) is 3.65. The molecule has 0 aliphatic heterocycles. The quantitative estimate of drug-likeness (QED) is 0.769. The SMILES string of the molecule is Cc1cc(Br)cc(NCC(O)CO)c1. The number of benzene rings is 1. The average molecular weight is 260 g/mol. The van der Waals surface area contributed by atoms with E-state index in [0.29, 0.717) is 6.54 Å². The predicted octanol–water partition coefficient (Wildman–Crippen LogP) is 1.52. The van der Waals surface area contributed by atoms with Gasteiger partial charge in [0.05, 0.1) is 12.7 Å². The van der Waals surface area contributed by atoms with E-state index in [2.05, 4.69) is 21.2 Å². The Morgan fingerprint density at radius 1 is 1.43 bits per heavy atom. The minimum atomic E-state index is -0.714. The molecule has 3 nitrogen and oxygen atoms in total. The third-order valence-corrected chi connectivity index (χ3v) is 2.25. The van der Waals surface area contributed by atoms with Gasteiger partial charge in [-0.2, -0.15) is 0 Å². The summed E-state index contributed by atoms with van der Waals surface area (Å²) in [6.07, 6.45) is -0.714. The molecule has 0 bridgehead atoms. The van der Waals surface area contributed by atoms with Gasteiger partial charge in [0.2, 0.25) is 0 Å². The van der Waals surface area contributed by atoms with Crippen LogP contribution in [-0.4, -0.2) is 29.5 Å². The highest BCUT2D eigenvalue weighted by atomic mass is 79.9. The van der Waals surface area contributed by atoms with Crippen LogP contribution in [0.4, 0.5) is 5.69 Å². The highest BCUT2D eigenvalue weighted by Crippen LogP contribution is 2.18. The Labute approximate surface area is 91.9 Å². The Bertz CT molecular complexity index is 284. The van der Waals surface area contributed by atoms with Gasteiger partial charge in [-0.25, -0.2) is 0 Å². The summed E-state index contributed by atoms with van der Waals surface area (Å²) in [4.78, 5) is 0. The van der Waals surface area contributed by atoms with Gasteiger partial charge in [0.1, 0.15) is 0 Å². The van der Waals surface area contributed by atoms with Crippen molar-refractivity contribution in [2.75, 3.05) is 18.5 Å². The van der Waals surface area contributed by atoms with Crippen molar-refractivity contribution >= 4 is 21.6 Å². The molecule has 0 aromatic heterocycles. The van der Waals surface area contributed by atoms with Crippen molar-refractivity contribution in [3.8, 4) is 0 Å². The van der Waals surface area contributed by atoms with E-state index < -0.39 is 6.10 Å². The lowest BCUT2D eigenvalue weighted by molar-refractivity contribution is 0.105. The van der Waals surface area contributed by atoms with Gasteiger partial charge < -0.3 is 15.5 Å². The van der Waals surface area contributed by atoms with E-state index in [1.54, 1.807) is 0 Å². The van der Waals surface area contributed by atoms with E-state index >= 15 is 0 Å². The van der Waals surface area contributed by atoms with Crippen LogP contribution in [0, 0.1) is 6.92 Å². The minimum Gasteiger partial charge on any atom is -0.394 e. The lowest BCUT2D eigenvalue weighted by Crippen LogP contribution is -2.22. The Morgan fingerprint density at radius 3 is 2.71 bits per heavy atom. The zero-order chi connectivity index (χ0) is 10.6. The van der Waals surface area contributed by atoms with Gasteiger partial charge in [0.15, 0.2) is 0 Å². The van der Waals surface area contributed by atoms with Crippen molar-refractivity contribution in [1.82, 2.24) is 0 Å². The molecule has 3 N–H and O–H groups in total. The molecule has 1 unspecified atom stereocenters. The first-order valence-corrected chi connectivity index (χ1v) is 5.21. The van der Waals surface area contributed by atoms with Crippen molar-refractivity contribution in [3.05, 3.63) is 28.2 Å². The molecule has 0 amide bonds. The summed E-state index contributed by atoms with van der Waals surface area (Å²) >= 11 is 3.39. The third-order valence-electron chi connectivity index (χ3n) is 1.79. The first-order valence-electron chi connectivity index (χ1n) is 4.42. The maximum absolute atomic E-state index is 9.13. The maximum Gasteiger partial charge on any atom is 0.0942 e. The van der Waals surface area contributed by atoms with Crippen LogP contribution in [0.5, 0.6) is 0 Å². The molecule has 0 saturated heterocycles. The fraction of sp³-hybridized carbons (Fsp3) is 0.400. The number of halogens is 1. The molecule has 1 atom stereocenters. The van der Waals surface area contributed by atoms with Gasteiger partial charge in [0, 0.05) is 16.7 Å². The summed E-state index contributed by atoms with van der Waals surface area (Å²) in [5, 5.41) is 20.8. The monoisotopic (exact) mass is 259 g/mol. The first kappa shape index (κ1) is 11.5. The first-order chi connectivity index (χ1) is 6.61. The maximum atomic E-state index is 9.13. The number of nitrogens with one attached hydrogen (secondary N) is 1. The highest BCUT2D eigenvalue weighted by Gasteiger charge is 2.01. The molecule has 4 heteroatoms. The van der Waals surface area contributed by atoms with E-state index in [4.69, 9.17) is 10.2 Å². The second kappa shape index (κ2) is 5.34. The minimum absolute atomic E-state index is 0.222. The largest absolute Gasteiger partial charge is 0.394 e. The molecule has 0 heterocycles. The van der Waals surface area contributed by atoms with Crippen molar-refractivity contribution < 1.29 is 10.2 Å². The number of anilines is 1. The number of rotatable bonds is 4. The van der Waals surface area contributed by atoms with E-state index in [1.807, 2.05) is 25.1 Å². The smallest absolute Gasteiger partial charge is 0.0942 e. The zero-order valence-corrected chi connectivity index (χ0v) is 9.58. The normalized spacial score (nSPS) is 12.6. The molecule has 0 radical (unpaired) electrons. The molecule has 1 aromatic rings. The van der Waals surface area contributed by atoms with Crippen LogP contribution < -0.4 is 5.32 Å². The lowest BCUT2D eigenvalue weighted by atomic mass is 10.2. The van der Waals surface area contributed by atoms with Crippen molar-refractivity contribution in [2.24, 2.45) is 0 Å². The van der Waals surface area contributed by atoms with Gasteiger partial charge in [-0.05, 0) is 30.7 Å². The summed E-state index contributed by atoms with van der Waals surface area (Å²) in [6, 6.07) is 5.92. The molecule has 78 valence electrons. The lowest BCUT2D eigenvalue weighted by Gasteiger charge is -2.11. The molecule has 0 fully saturated rings. The van der Waals surface area contributed by atoms with Crippen molar-refractivity contribution in [1.29, 1.82) is 0 Å². The fourth-order valence-corrected chi connectivity index (χ4v) is 1.75. The Hall–Kier alpha value is -0.580. The van der Waals surface area contributed by atoms with Crippen LogP contribution in [0.15, 0.2) is 22.7 Å². The van der Waals surface area contributed by atoms with Crippen LogP contribution in [0.1, 0.15) is 5.56 Å². The molecule has 14 heavy (non-hydrogen) atoms. The predicted molar refractivity (Wildman–Crippen MR) is 60.5 cm³/mol. The molecule has 0 aliphatic rings. The molecule has 0 aliphatic carbocycles. The Balaban J connectivity index is 2.58. The number of aliphatic hydroxyl groups is 2. The van der Waals surface area contributed by atoms with Crippen LogP contribution >= 0.6 is 15.9 Å². The van der Waals surface area contributed by atoms with Gasteiger partial charge in [-0.15, -0.1) is 0 Å². The van der Waals surface area contributed by atoms with Crippen molar-refractivity contribution in [3.63, 3.8) is 0 Å². The molecule has 0 spiro atoms. The van der Waals surface area contributed by atoms with E-state index in [9.17, 15) is 0 Å². The van der Waals surface area contributed by atoms with Crippen LogP contribution in [-0.2, 0) is 0 Å². The molecule has 1 rings (SSSR count). The Kier molecular flexibility index (Phi) is 4.38. The van der Waals surface area contributed by atoms with E-state index in [1.165, 1.54) is 0 Å². The Morgan fingerprint density at radius 2 is 2.14 bits per heavy atom. The number of aryl methyl sites for hydroxylation is 1.